The molecule has 0 saturated heterocycles. The number of benzene rings is 1. The summed E-state index contributed by atoms with van der Waals surface area (Å²) < 4.78 is 0. The van der Waals surface area contributed by atoms with Gasteiger partial charge < -0.3 is 4.90 Å². The Morgan fingerprint density at radius 1 is 1.33 bits per heavy atom. The van der Waals surface area contributed by atoms with Crippen LogP contribution in [0.25, 0.3) is 0 Å². The minimum atomic E-state index is 0.0217. The van der Waals surface area contributed by atoms with Crippen molar-refractivity contribution in [1.29, 1.82) is 0 Å². The molecule has 1 amide bonds. The van der Waals surface area contributed by atoms with Crippen molar-refractivity contribution in [2.24, 2.45) is 0 Å². The molecule has 0 aliphatic rings. The Balaban J connectivity index is 2.15. The Labute approximate surface area is 116 Å². The number of carbonyl (C=O) groups is 1. The lowest BCUT2D eigenvalue weighted by Crippen LogP contribution is -2.29. The number of thiophene rings is 1. The van der Waals surface area contributed by atoms with E-state index in [2.05, 4.69) is 0 Å². The van der Waals surface area contributed by atoms with Gasteiger partial charge in [0.2, 0.25) is 0 Å². The summed E-state index contributed by atoms with van der Waals surface area (Å²) in [4.78, 5) is 15.3. The Bertz CT molecular complexity index is 524. The average Bonchev–Trinajstić information content (AvgIpc) is 2.88. The van der Waals surface area contributed by atoms with E-state index >= 15 is 0 Å². The number of rotatable bonds is 4. The normalized spacial score (nSPS) is 10.3. The molecule has 4 heteroatoms. The van der Waals surface area contributed by atoms with Gasteiger partial charge in [0.1, 0.15) is 0 Å². The molecule has 2 aromatic rings. The van der Waals surface area contributed by atoms with Crippen LogP contribution >= 0.6 is 22.9 Å². The highest BCUT2D eigenvalue weighted by atomic mass is 35.5. The molecule has 94 valence electrons. The van der Waals surface area contributed by atoms with Gasteiger partial charge in [-0.15, -0.1) is 11.3 Å². The van der Waals surface area contributed by atoms with E-state index in [1.807, 2.05) is 29.3 Å². The van der Waals surface area contributed by atoms with E-state index in [1.54, 1.807) is 35.6 Å². The van der Waals surface area contributed by atoms with E-state index in [9.17, 15) is 4.79 Å². The molecule has 0 N–H and O–H groups in total. The van der Waals surface area contributed by atoms with Crippen molar-refractivity contribution < 1.29 is 4.79 Å². The van der Waals surface area contributed by atoms with Crippen LogP contribution in [-0.4, -0.2) is 17.4 Å². The van der Waals surface area contributed by atoms with Gasteiger partial charge in [-0.05, 0) is 36.6 Å². The second-order valence-electron chi connectivity index (χ2n) is 3.91. The first kappa shape index (κ1) is 13.1. The molecule has 1 heterocycles. The summed E-state index contributed by atoms with van der Waals surface area (Å²) in [6.07, 6.45) is 0. The Kier molecular flexibility index (Phi) is 4.39. The molecule has 1 aromatic carbocycles. The highest BCUT2D eigenvalue weighted by Gasteiger charge is 2.14. The maximum absolute atomic E-state index is 12.3. The van der Waals surface area contributed by atoms with Crippen LogP contribution in [0.15, 0.2) is 41.8 Å². The Morgan fingerprint density at radius 3 is 2.78 bits per heavy atom. The van der Waals surface area contributed by atoms with Gasteiger partial charge in [-0.3, -0.25) is 4.79 Å². The van der Waals surface area contributed by atoms with Gasteiger partial charge in [0.25, 0.3) is 5.91 Å². The average molecular weight is 280 g/mol. The van der Waals surface area contributed by atoms with Crippen molar-refractivity contribution in [3.8, 4) is 0 Å². The second-order valence-corrected chi connectivity index (χ2v) is 5.38. The summed E-state index contributed by atoms with van der Waals surface area (Å²) in [5.74, 6) is 0.0217. The fourth-order valence-corrected chi connectivity index (χ4v) is 2.63. The summed E-state index contributed by atoms with van der Waals surface area (Å²) in [5.41, 5.74) is 0.640. The van der Waals surface area contributed by atoms with Crippen molar-refractivity contribution >= 4 is 28.8 Å². The van der Waals surface area contributed by atoms with Crippen LogP contribution in [-0.2, 0) is 6.54 Å². The van der Waals surface area contributed by atoms with E-state index < -0.39 is 0 Å². The molecule has 0 saturated carbocycles. The largest absolute Gasteiger partial charge is 0.334 e. The highest BCUT2D eigenvalue weighted by Crippen LogP contribution is 2.16. The smallest absolute Gasteiger partial charge is 0.254 e. The molecule has 1 aromatic heterocycles. The van der Waals surface area contributed by atoms with Crippen LogP contribution in [0.3, 0.4) is 0 Å². The van der Waals surface area contributed by atoms with Gasteiger partial charge >= 0.3 is 0 Å². The van der Waals surface area contributed by atoms with E-state index in [0.29, 0.717) is 23.7 Å². The maximum Gasteiger partial charge on any atom is 0.254 e. The second kappa shape index (κ2) is 6.03. The zero-order valence-corrected chi connectivity index (χ0v) is 11.7. The number of hydrogen-bond acceptors (Lipinski definition) is 2. The standard InChI is InChI=1S/C14H14ClNOS/c1-2-16(10-13-7-4-8-18-13)14(17)11-5-3-6-12(15)9-11/h3-9H,2,10H2,1H3. The summed E-state index contributed by atoms with van der Waals surface area (Å²) in [5, 5.41) is 2.61. The first-order valence-corrected chi connectivity index (χ1v) is 7.03. The molecule has 2 rings (SSSR count). The third kappa shape index (κ3) is 3.12. The van der Waals surface area contributed by atoms with Crippen molar-refractivity contribution in [2.75, 3.05) is 6.54 Å². The van der Waals surface area contributed by atoms with Gasteiger partial charge in [0, 0.05) is 22.0 Å². The van der Waals surface area contributed by atoms with E-state index in [4.69, 9.17) is 11.6 Å². The van der Waals surface area contributed by atoms with Crippen molar-refractivity contribution in [3.05, 3.63) is 57.2 Å². The molecule has 0 unspecified atom stereocenters. The molecule has 2 nitrogen and oxygen atoms in total. The Hall–Kier alpha value is -1.32. The monoisotopic (exact) mass is 279 g/mol. The van der Waals surface area contributed by atoms with Crippen LogP contribution in [0.2, 0.25) is 5.02 Å². The van der Waals surface area contributed by atoms with Crippen molar-refractivity contribution in [3.63, 3.8) is 0 Å². The summed E-state index contributed by atoms with van der Waals surface area (Å²) in [6, 6.07) is 11.1. The van der Waals surface area contributed by atoms with Gasteiger partial charge in [-0.2, -0.15) is 0 Å². The first-order chi connectivity index (χ1) is 8.70. The molecule has 0 aliphatic carbocycles. The summed E-state index contributed by atoms with van der Waals surface area (Å²) in [6.45, 7) is 3.32. The van der Waals surface area contributed by atoms with E-state index in [1.165, 1.54) is 4.88 Å². The zero-order chi connectivity index (χ0) is 13.0. The lowest BCUT2D eigenvalue weighted by atomic mass is 10.2. The van der Waals surface area contributed by atoms with Gasteiger partial charge in [-0.25, -0.2) is 0 Å². The van der Waals surface area contributed by atoms with Crippen molar-refractivity contribution in [2.45, 2.75) is 13.5 Å². The quantitative estimate of drug-likeness (QED) is 0.826. The fraction of sp³-hybridized carbons (Fsp3) is 0.214. The minimum Gasteiger partial charge on any atom is -0.334 e. The predicted octanol–water partition coefficient (Wildman–Crippen LogP) is 4.06. The van der Waals surface area contributed by atoms with Gasteiger partial charge in [0.15, 0.2) is 0 Å². The zero-order valence-electron chi connectivity index (χ0n) is 10.1. The van der Waals surface area contributed by atoms with Gasteiger partial charge in [-0.1, -0.05) is 23.7 Å². The third-order valence-electron chi connectivity index (χ3n) is 2.67. The number of nitrogens with zero attached hydrogens (tertiary/aromatic N) is 1. The highest BCUT2D eigenvalue weighted by molar-refractivity contribution is 7.09. The fourth-order valence-electron chi connectivity index (χ4n) is 1.72. The number of hydrogen-bond donors (Lipinski definition) is 0. The number of halogens is 1. The molecular weight excluding hydrogens is 266 g/mol. The predicted molar refractivity (Wildman–Crippen MR) is 76.2 cm³/mol. The molecule has 0 aliphatic heterocycles. The van der Waals surface area contributed by atoms with Crippen LogP contribution in [0.5, 0.6) is 0 Å². The lowest BCUT2D eigenvalue weighted by Gasteiger charge is -2.20. The lowest BCUT2D eigenvalue weighted by molar-refractivity contribution is 0.0754. The molecule has 0 radical (unpaired) electrons. The molecule has 0 fully saturated rings. The summed E-state index contributed by atoms with van der Waals surface area (Å²) >= 11 is 7.57. The van der Waals surface area contributed by atoms with Crippen LogP contribution in [0, 0.1) is 0 Å². The topological polar surface area (TPSA) is 20.3 Å². The maximum atomic E-state index is 12.3. The van der Waals surface area contributed by atoms with Crippen LogP contribution < -0.4 is 0 Å². The van der Waals surface area contributed by atoms with Gasteiger partial charge in [0.05, 0.1) is 6.54 Å². The molecular formula is C14H14ClNOS. The number of amides is 1. The summed E-state index contributed by atoms with van der Waals surface area (Å²) in [7, 11) is 0. The van der Waals surface area contributed by atoms with E-state index in [0.717, 1.165) is 0 Å². The third-order valence-corrected chi connectivity index (χ3v) is 3.76. The minimum absolute atomic E-state index is 0.0217. The van der Waals surface area contributed by atoms with Crippen LogP contribution in [0.4, 0.5) is 0 Å². The Morgan fingerprint density at radius 2 is 2.17 bits per heavy atom. The molecule has 0 bridgehead atoms. The SMILES string of the molecule is CCN(Cc1cccs1)C(=O)c1cccc(Cl)c1. The van der Waals surface area contributed by atoms with Crippen molar-refractivity contribution in [1.82, 2.24) is 4.90 Å². The number of carbonyl (C=O) groups excluding carboxylic acids is 1. The first-order valence-electron chi connectivity index (χ1n) is 5.78. The molecule has 0 atom stereocenters. The molecule has 18 heavy (non-hydrogen) atoms. The van der Waals surface area contributed by atoms with E-state index in [-0.39, 0.29) is 5.91 Å². The molecule has 0 spiro atoms. The van der Waals surface area contributed by atoms with Crippen LogP contribution in [0.1, 0.15) is 22.2 Å².